The Labute approximate surface area is 159 Å². The van der Waals surface area contributed by atoms with Crippen molar-refractivity contribution in [2.24, 2.45) is 0 Å². The standard InChI is InChI=1S/C20H17N3O5/c1-12(24)21-10-13-6-8-14(9-7-13)17(25)11-28-20(27)18-15-4-2-3-5-16(15)19(26)23-22-18/h2-9H,10-11H2,1H3,(H,21,24)(H,23,26). The van der Waals surface area contributed by atoms with Gasteiger partial charge in [-0.05, 0) is 11.6 Å². The molecular formula is C20H17N3O5. The second-order valence-corrected chi connectivity index (χ2v) is 6.05. The summed E-state index contributed by atoms with van der Waals surface area (Å²) in [7, 11) is 0. The molecular weight excluding hydrogens is 362 g/mol. The zero-order chi connectivity index (χ0) is 20.1. The van der Waals surface area contributed by atoms with Gasteiger partial charge in [-0.3, -0.25) is 14.4 Å². The molecule has 1 aromatic heterocycles. The first-order chi connectivity index (χ1) is 13.5. The van der Waals surface area contributed by atoms with Crippen LogP contribution in [0.2, 0.25) is 0 Å². The van der Waals surface area contributed by atoms with Gasteiger partial charge in [0.2, 0.25) is 5.91 Å². The van der Waals surface area contributed by atoms with E-state index in [2.05, 4.69) is 15.5 Å². The molecule has 0 unspecified atom stereocenters. The number of aromatic nitrogens is 2. The molecule has 1 amide bonds. The van der Waals surface area contributed by atoms with Crippen molar-refractivity contribution in [2.75, 3.05) is 6.61 Å². The number of hydrogen-bond acceptors (Lipinski definition) is 6. The minimum Gasteiger partial charge on any atom is -0.452 e. The van der Waals surface area contributed by atoms with E-state index in [1.54, 1.807) is 48.5 Å². The molecule has 0 saturated carbocycles. The van der Waals surface area contributed by atoms with Gasteiger partial charge in [0.25, 0.3) is 5.56 Å². The van der Waals surface area contributed by atoms with Crippen LogP contribution in [0.15, 0.2) is 53.3 Å². The molecule has 0 aliphatic carbocycles. The van der Waals surface area contributed by atoms with Gasteiger partial charge in [0.15, 0.2) is 18.1 Å². The molecule has 0 radical (unpaired) electrons. The van der Waals surface area contributed by atoms with Crippen LogP contribution in [-0.2, 0) is 16.1 Å². The fourth-order valence-electron chi connectivity index (χ4n) is 2.59. The Kier molecular flexibility index (Phi) is 5.59. The van der Waals surface area contributed by atoms with Crippen molar-refractivity contribution in [1.82, 2.24) is 15.5 Å². The number of H-pyrrole nitrogens is 1. The smallest absolute Gasteiger partial charge is 0.359 e. The Morgan fingerprint density at radius 1 is 1.04 bits per heavy atom. The van der Waals surface area contributed by atoms with Gasteiger partial charge < -0.3 is 10.1 Å². The van der Waals surface area contributed by atoms with Crippen LogP contribution in [-0.4, -0.2) is 34.5 Å². The molecule has 8 nitrogen and oxygen atoms in total. The summed E-state index contributed by atoms with van der Waals surface area (Å²) in [6.07, 6.45) is 0. The summed E-state index contributed by atoms with van der Waals surface area (Å²) in [4.78, 5) is 47.2. The number of carbonyl (C=O) groups excluding carboxylic acids is 3. The number of Topliss-reactive ketones (excluding diaryl/α,β-unsaturated/α-hetero) is 1. The number of esters is 1. The van der Waals surface area contributed by atoms with E-state index in [0.717, 1.165) is 5.56 Å². The normalized spacial score (nSPS) is 10.5. The average Bonchev–Trinajstić information content (AvgIpc) is 2.71. The number of nitrogens with one attached hydrogen (secondary N) is 2. The van der Waals surface area contributed by atoms with Crippen molar-refractivity contribution in [1.29, 1.82) is 0 Å². The van der Waals surface area contributed by atoms with E-state index >= 15 is 0 Å². The van der Waals surface area contributed by atoms with Gasteiger partial charge in [0.05, 0.1) is 5.39 Å². The second kappa shape index (κ2) is 8.26. The van der Waals surface area contributed by atoms with Crippen LogP contribution in [0.3, 0.4) is 0 Å². The highest BCUT2D eigenvalue weighted by molar-refractivity contribution is 6.04. The van der Waals surface area contributed by atoms with Gasteiger partial charge in [-0.25, -0.2) is 9.89 Å². The Hall–Kier alpha value is -3.81. The lowest BCUT2D eigenvalue weighted by molar-refractivity contribution is -0.119. The summed E-state index contributed by atoms with van der Waals surface area (Å²) in [5, 5.41) is 9.32. The summed E-state index contributed by atoms with van der Waals surface area (Å²) >= 11 is 0. The maximum atomic E-state index is 12.3. The molecule has 8 heteroatoms. The average molecular weight is 379 g/mol. The minimum absolute atomic E-state index is 0.0614. The number of carbonyl (C=O) groups is 3. The van der Waals surface area contributed by atoms with Crippen molar-refractivity contribution in [3.05, 3.63) is 75.7 Å². The van der Waals surface area contributed by atoms with Crippen molar-refractivity contribution in [3.8, 4) is 0 Å². The molecule has 3 aromatic rings. The molecule has 0 saturated heterocycles. The van der Waals surface area contributed by atoms with Crippen LogP contribution in [0.5, 0.6) is 0 Å². The molecule has 0 aliphatic heterocycles. The predicted octanol–water partition coefficient (Wildman–Crippen LogP) is 1.60. The monoisotopic (exact) mass is 379 g/mol. The van der Waals surface area contributed by atoms with Gasteiger partial charge in [-0.15, -0.1) is 0 Å². The number of ether oxygens (including phenoxy) is 1. The molecule has 0 bridgehead atoms. The Morgan fingerprint density at radius 2 is 1.71 bits per heavy atom. The predicted molar refractivity (Wildman–Crippen MR) is 101 cm³/mol. The largest absolute Gasteiger partial charge is 0.452 e. The van der Waals surface area contributed by atoms with Crippen LogP contribution in [0.1, 0.15) is 33.3 Å². The first-order valence-electron chi connectivity index (χ1n) is 8.47. The van der Waals surface area contributed by atoms with E-state index < -0.39 is 18.1 Å². The Morgan fingerprint density at radius 3 is 2.39 bits per heavy atom. The quantitative estimate of drug-likeness (QED) is 0.496. The number of nitrogens with zero attached hydrogens (tertiary/aromatic N) is 1. The molecule has 3 rings (SSSR count). The number of rotatable bonds is 6. The van der Waals surface area contributed by atoms with Gasteiger partial charge in [0, 0.05) is 24.4 Å². The van der Waals surface area contributed by atoms with Crippen molar-refractivity contribution in [2.45, 2.75) is 13.5 Å². The van der Waals surface area contributed by atoms with E-state index in [1.807, 2.05) is 0 Å². The third-order valence-electron chi connectivity index (χ3n) is 4.04. The summed E-state index contributed by atoms with van der Waals surface area (Å²) in [5.41, 5.74) is 0.738. The number of aromatic amines is 1. The van der Waals surface area contributed by atoms with E-state index in [9.17, 15) is 19.2 Å². The highest BCUT2D eigenvalue weighted by Gasteiger charge is 2.17. The number of benzene rings is 2. The fraction of sp³-hybridized carbons (Fsp3) is 0.150. The number of amides is 1. The molecule has 28 heavy (non-hydrogen) atoms. The summed E-state index contributed by atoms with van der Waals surface area (Å²) in [5.74, 6) is -1.33. The van der Waals surface area contributed by atoms with Gasteiger partial charge in [-0.2, -0.15) is 5.10 Å². The van der Waals surface area contributed by atoms with E-state index in [1.165, 1.54) is 6.92 Å². The third kappa shape index (κ3) is 4.29. The molecule has 2 aromatic carbocycles. The summed E-state index contributed by atoms with van der Waals surface area (Å²) in [6.45, 7) is 1.33. The first kappa shape index (κ1) is 19.0. The lowest BCUT2D eigenvalue weighted by Gasteiger charge is -2.07. The second-order valence-electron chi connectivity index (χ2n) is 6.05. The van der Waals surface area contributed by atoms with Crippen molar-refractivity contribution in [3.63, 3.8) is 0 Å². The van der Waals surface area contributed by atoms with E-state index in [-0.39, 0.29) is 17.4 Å². The molecule has 142 valence electrons. The molecule has 0 spiro atoms. The van der Waals surface area contributed by atoms with Crippen LogP contribution >= 0.6 is 0 Å². The van der Waals surface area contributed by atoms with Crippen LogP contribution in [0.25, 0.3) is 10.8 Å². The van der Waals surface area contributed by atoms with Crippen molar-refractivity contribution < 1.29 is 19.1 Å². The van der Waals surface area contributed by atoms with Crippen molar-refractivity contribution >= 4 is 28.4 Å². The Balaban J connectivity index is 1.66. The van der Waals surface area contributed by atoms with E-state index in [0.29, 0.717) is 22.9 Å². The molecule has 0 atom stereocenters. The highest BCUT2D eigenvalue weighted by atomic mass is 16.5. The maximum absolute atomic E-state index is 12.3. The molecule has 1 heterocycles. The van der Waals surface area contributed by atoms with Gasteiger partial charge in [-0.1, -0.05) is 42.5 Å². The summed E-state index contributed by atoms with van der Waals surface area (Å²) in [6, 6.07) is 13.1. The third-order valence-corrected chi connectivity index (χ3v) is 4.04. The van der Waals surface area contributed by atoms with E-state index in [4.69, 9.17) is 4.74 Å². The number of fused-ring (bicyclic) bond motifs is 1. The SMILES string of the molecule is CC(=O)NCc1ccc(C(=O)COC(=O)c2n[nH]c(=O)c3ccccc23)cc1. The zero-order valence-corrected chi connectivity index (χ0v) is 15.0. The summed E-state index contributed by atoms with van der Waals surface area (Å²) < 4.78 is 5.07. The molecule has 0 fully saturated rings. The first-order valence-corrected chi connectivity index (χ1v) is 8.47. The lowest BCUT2D eigenvalue weighted by Crippen LogP contribution is -2.19. The topological polar surface area (TPSA) is 118 Å². The number of hydrogen-bond donors (Lipinski definition) is 2. The van der Waals surface area contributed by atoms with Gasteiger partial charge >= 0.3 is 5.97 Å². The van der Waals surface area contributed by atoms with Crippen LogP contribution in [0, 0.1) is 0 Å². The molecule has 2 N–H and O–H groups in total. The molecule has 0 aliphatic rings. The lowest BCUT2D eigenvalue weighted by atomic mass is 10.1. The van der Waals surface area contributed by atoms with Gasteiger partial charge in [0.1, 0.15) is 0 Å². The minimum atomic E-state index is -0.803. The zero-order valence-electron chi connectivity index (χ0n) is 15.0. The van der Waals surface area contributed by atoms with Crippen LogP contribution < -0.4 is 10.9 Å². The highest BCUT2D eigenvalue weighted by Crippen LogP contribution is 2.13. The van der Waals surface area contributed by atoms with Crippen LogP contribution in [0.4, 0.5) is 0 Å². The maximum Gasteiger partial charge on any atom is 0.359 e. The number of ketones is 1. The Bertz CT molecular complexity index is 1100. The fourth-order valence-corrected chi connectivity index (χ4v) is 2.59.